The van der Waals surface area contributed by atoms with Gasteiger partial charge in [-0.3, -0.25) is 9.69 Å². The number of thioether (sulfide) groups is 1. The van der Waals surface area contributed by atoms with Crippen LogP contribution in [0.15, 0.2) is 24.3 Å². The first-order valence-electron chi connectivity index (χ1n) is 6.99. The molecule has 1 aromatic rings. The zero-order valence-corrected chi connectivity index (χ0v) is 14.3. The van der Waals surface area contributed by atoms with Crippen molar-refractivity contribution < 1.29 is 13.9 Å². The second kappa shape index (κ2) is 8.94. The molecule has 0 fully saturated rings. The highest BCUT2D eigenvalue weighted by atomic mass is 32.2. The fourth-order valence-electron chi connectivity index (χ4n) is 1.65. The smallest absolute Gasteiger partial charge is 0.262 e. The van der Waals surface area contributed by atoms with E-state index in [0.29, 0.717) is 19.8 Å². The van der Waals surface area contributed by atoms with Crippen molar-refractivity contribution >= 4 is 16.9 Å². The van der Waals surface area contributed by atoms with E-state index < -0.39 is 5.54 Å². The molecule has 0 N–H and O–H groups in total. The number of rotatable bonds is 6. The number of carbonyl (C=O) groups excluding carboxylic acids is 1. The van der Waals surface area contributed by atoms with E-state index >= 15 is 0 Å². The lowest BCUT2D eigenvalue weighted by Gasteiger charge is -2.30. The molecule has 0 unspecified atom stereocenters. The van der Waals surface area contributed by atoms with Crippen LogP contribution in [0.5, 0.6) is 0 Å². The topological polar surface area (TPSA) is 29.5 Å². The lowest BCUT2D eigenvalue weighted by molar-refractivity contribution is -0.106. The van der Waals surface area contributed by atoms with E-state index in [-0.39, 0.29) is 10.9 Å². The van der Waals surface area contributed by atoms with Crippen LogP contribution in [0, 0.1) is 17.7 Å². The summed E-state index contributed by atoms with van der Waals surface area (Å²) in [5.74, 6) is 5.35. The highest BCUT2D eigenvalue weighted by Gasteiger charge is 2.20. The minimum atomic E-state index is -0.409. The van der Waals surface area contributed by atoms with Crippen LogP contribution in [0.1, 0.15) is 19.4 Å². The molecule has 0 radical (unpaired) electrons. The van der Waals surface area contributed by atoms with Gasteiger partial charge in [0.15, 0.2) is 0 Å². The summed E-state index contributed by atoms with van der Waals surface area (Å²) in [6.07, 6.45) is 1.72. The molecule has 1 aromatic carbocycles. The molecule has 0 aliphatic heterocycles. The standard InChI is InChI=1S/C17H22FNO2S/c1-17(2,9-8-16(20)22-4)19(3)10-11-21-13-14-6-5-7-15(18)12-14/h5-7,12H,10-11,13H2,1-4H3. The summed E-state index contributed by atoms with van der Waals surface area (Å²) in [6.45, 7) is 5.47. The fourth-order valence-corrected chi connectivity index (χ4v) is 1.80. The van der Waals surface area contributed by atoms with Crippen LogP contribution in [0.4, 0.5) is 4.39 Å². The maximum absolute atomic E-state index is 13.0. The highest BCUT2D eigenvalue weighted by molar-refractivity contribution is 8.13. The summed E-state index contributed by atoms with van der Waals surface area (Å²) in [5, 5.41) is -0.135. The molecule has 0 aromatic heterocycles. The van der Waals surface area contributed by atoms with E-state index in [1.165, 1.54) is 12.1 Å². The average molecular weight is 323 g/mol. The number of hydrogen-bond donors (Lipinski definition) is 0. The van der Waals surface area contributed by atoms with Gasteiger partial charge in [0.2, 0.25) is 0 Å². The summed E-state index contributed by atoms with van der Waals surface area (Å²) in [7, 11) is 1.93. The van der Waals surface area contributed by atoms with Crippen LogP contribution >= 0.6 is 11.8 Å². The maximum Gasteiger partial charge on any atom is 0.262 e. The van der Waals surface area contributed by atoms with Crippen LogP contribution < -0.4 is 0 Å². The number of carbonyl (C=O) groups is 1. The Balaban J connectivity index is 2.40. The van der Waals surface area contributed by atoms with Gasteiger partial charge in [0.05, 0.1) is 18.8 Å². The van der Waals surface area contributed by atoms with Gasteiger partial charge < -0.3 is 4.74 Å². The van der Waals surface area contributed by atoms with E-state index in [9.17, 15) is 9.18 Å². The fraction of sp³-hybridized carbons (Fsp3) is 0.471. The predicted octanol–water partition coefficient (Wildman–Crippen LogP) is 2.95. The molecular formula is C17H22FNO2S. The zero-order valence-electron chi connectivity index (χ0n) is 13.5. The lowest BCUT2D eigenvalue weighted by Crippen LogP contribution is -2.41. The molecule has 0 amide bonds. The number of benzene rings is 1. The first-order valence-corrected chi connectivity index (χ1v) is 8.22. The average Bonchev–Trinajstić information content (AvgIpc) is 2.49. The van der Waals surface area contributed by atoms with Gasteiger partial charge >= 0.3 is 0 Å². The molecule has 22 heavy (non-hydrogen) atoms. The number of ether oxygens (including phenoxy) is 1. The van der Waals surface area contributed by atoms with Gasteiger partial charge in [-0.15, -0.1) is 0 Å². The second-order valence-corrected chi connectivity index (χ2v) is 6.18. The Labute approximate surface area is 136 Å². The Hall–Kier alpha value is -1.35. The molecule has 0 aliphatic rings. The van der Waals surface area contributed by atoms with E-state index in [1.54, 1.807) is 12.3 Å². The Kier molecular flexibility index (Phi) is 7.60. The molecule has 0 spiro atoms. The summed E-state index contributed by atoms with van der Waals surface area (Å²) < 4.78 is 18.6. The summed E-state index contributed by atoms with van der Waals surface area (Å²) in [6, 6.07) is 6.37. The van der Waals surface area contributed by atoms with Gasteiger partial charge in [-0.1, -0.05) is 29.8 Å². The van der Waals surface area contributed by atoms with Gasteiger partial charge in [-0.25, -0.2) is 4.39 Å². The number of likely N-dealkylation sites (N-methyl/N-ethyl adjacent to an activating group) is 1. The number of nitrogens with zero attached hydrogens (tertiary/aromatic N) is 1. The molecule has 0 saturated carbocycles. The van der Waals surface area contributed by atoms with Gasteiger partial charge in [-0.05, 0) is 50.8 Å². The molecule has 0 bridgehead atoms. The molecule has 120 valence electrons. The molecular weight excluding hydrogens is 301 g/mol. The molecule has 3 nitrogen and oxygen atoms in total. The minimum absolute atomic E-state index is 0.135. The van der Waals surface area contributed by atoms with Crippen molar-refractivity contribution in [3.05, 3.63) is 35.6 Å². The van der Waals surface area contributed by atoms with Gasteiger partial charge in [-0.2, -0.15) is 0 Å². The Morgan fingerprint density at radius 3 is 2.82 bits per heavy atom. The zero-order chi connectivity index (χ0) is 16.6. The highest BCUT2D eigenvalue weighted by Crippen LogP contribution is 2.11. The van der Waals surface area contributed by atoms with E-state index in [2.05, 4.69) is 11.8 Å². The monoisotopic (exact) mass is 323 g/mol. The quantitative estimate of drug-likeness (QED) is 0.595. The van der Waals surface area contributed by atoms with Crippen LogP contribution in [0.25, 0.3) is 0 Å². The SMILES string of the molecule is CSC(=O)C#CC(C)(C)N(C)CCOCc1cccc(F)c1. The lowest BCUT2D eigenvalue weighted by atomic mass is 10.0. The summed E-state index contributed by atoms with van der Waals surface area (Å²) >= 11 is 1.11. The maximum atomic E-state index is 13.0. The van der Waals surface area contributed by atoms with Crippen molar-refractivity contribution in [1.29, 1.82) is 0 Å². The molecule has 0 saturated heterocycles. The van der Waals surface area contributed by atoms with Crippen LogP contribution in [-0.4, -0.2) is 42.0 Å². The first kappa shape index (κ1) is 18.7. The van der Waals surface area contributed by atoms with Gasteiger partial charge in [0.25, 0.3) is 5.12 Å². The van der Waals surface area contributed by atoms with Crippen molar-refractivity contribution in [2.45, 2.75) is 26.0 Å². The largest absolute Gasteiger partial charge is 0.375 e. The normalized spacial score (nSPS) is 11.2. The van der Waals surface area contributed by atoms with Gasteiger partial charge in [0, 0.05) is 6.54 Å². The minimum Gasteiger partial charge on any atom is -0.375 e. The molecule has 0 atom stereocenters. The molecule has 1 rings (SSSR count). The van der Waals surface area contributed by atoms with E-state index in [0.717, 1.165) is 17.3 Å². The third-order valence-corrected chi connectivity index (χ3v) is 3.81. The van der Waals surface area contributed by atoms with Crippen molar-refractivity contribution in [3.8, 4) is 11.8 Å². The van der Waals surface area contributed by atoms with Crippen LogP contribution in [-0.2, 0) is 16.1 Å². The van der Waals surface area contributed by atoms with Crippen LogP contribution in [0.3, 0.4) is 0 Å². The third-order valence-electron chi connectivity index (χ3n) is 3.34. The van der Waals surface area contributed by atoms with Gasteiger partial charge in [0.1, 0.15) is 5.82 Å². The van der Waals surface area contributed by atoms with E-state index in [1.807, 2.05) is 31.9 Å². The molecule has 0 heterocycles. The predicted molar refractivity (Wildman–Crippen MR) is 89.1 cm³/mol. The van der Waals surface area contributed by atoms with Crippen molar-refractivity contribution in [2.75, 3.05) is 26.5 Å². The first-order chi connectivity index (χ1) is 10.3. The van der Waals surface area contributed by atoms with Crippen molar-refractivity contribution in [2.24, 2.45) is 0 Å². The summed E-state index contributed by atoms with van der Waals surface area (Å²) in [5.41, 5.74) is 0.403. The Bertz CT molecular complexity index is 563. The Morgan fingerprint density at radius 1 is 1.45 bits per heavy atom. The second-order valence-electron chi connectivity index (χ2n) is 5.40. The Morgan fingerprint density at radius 2 is 2.18 bits per heavy atom. The third kappa shape index (κ3) is 6.61. The summed E-state index contributed by atoms with van der Waals surface area (Å²) in [4.78, 5) is 13.3. The van der Waals surface area contributed by atoms with Crippen molar-refractivity contribution in [1.82, 2.24) is 4.90 Å². The number of hydrogen-bond acceptors (Lipinski definition) is 4. The van der Waals surface area contributed by atoms with Crippen molar-refractivity contribution in [3.63, 3.8) is 0 Å². The molecule has 0 aliphatic carbocycles. The molecule has 5 heteroatoms. The number of halogens is 1. The van der Waals surface area contributed by atoms with Crippen LogP contribution in [0.2, 0.25) is 0 Å². The van der Waals surface area contributed by atoms with E-state index in [4.69, 9.17) is 4.74 Å².